The number of nitrogen functional groups attached to an aromatic ring is 1. The fourth-order valence-electron chi connectivity index (χ4n) is 5.39. The third kappa shape index (κ3) is 6.23. The van der Waals surface area contributed by atoms with E-state index in [-0.39, 0.29) is 79.4 Å². The number of allylic oxidation sites excluding steroid dienone is 1. The molecule has 0 unspecified atom stereocenters. The number of nitrogens with one attached hydrogen (secondary N) is 1. The Morgan fingerprint density at radius 2 is 1.57 bits per heavy atom. The Balaban J connectivity index is 0.00000417. The number of aliphatic carboxylic acids is 1. The second-order valence-electron chi connectivity index (χ2n) is 10.1. The standard InChI is InChI=1S/C33H27N5O5S2.K/c1-2-20-18-44-30-26(29(40)38(30)27(20)31(41)42)36-28(39)25(24-19-45-32(34)35-24)37-43-33(21-12-6-3-7-13-21,22-14-8-4-9-15-22)23-16-10-5-11-17-23;/h2-17,19,26,30H,1,18H2,(H2,34,35)(H,36,39)(H,41,42);/q;+1/p-1/b37-25-;/t26-,30+;/m1./s1. The van der Waals surface area contributed by atoms with Crippen LogP contribution in [0, 0.1) is 0 Å². The fourth-order valence-corrected chi connectivity index (χ4v) is 7.28. The predicted molar refractivity (Wildman–Crippen MR) is 171 cm³/mol. The molecule has 4 aromatic rings. The summed E-state index contributed by atoms with van der Waals surface area (Å²) < 4.78 is 0. The molecule has 46 heavy (non-hydrogen) atoms. The Labute approximate surface area is 315 Å². The van der Waals surface area contributed by atoms with Crippen LogP contribution < -0.4 is 67.5 Å². The summed E-state index contributed by atoms with van der Waals surface area (Å²) in [4.78, 5) is 50.9. The Hall–Kier alpha value is -3.56. The topological polar surface area (TPSA) is 150 Å². The van der Waals surface area contributed by atoms with Crippen molar-refractivity contribution in [1.82, 2.24) is 15.2 Å². The van der Waals surface area contributed by atoms with Crippen molar-refractivity contribution in [3.63, 3.8) is 0 Å². The summed E-state index contributed by atoms with van der Waals surface area (Å²) in [5, 5.41) is 20.2. The quantitative estimate of drug-likeness (QED) is 0.0787. The van der Waals surface area contributed by atoms with Gasteiger partial charge in [-0.1, -0.05) is 109 Å². The Morgan fingerprint density at radius 3 is 2.02 bits per heavy atom. The number of hydrogen-bond acceptors (Lipinski definition) is 10. The number of carbonyl (C=O) groups is 3. The smallest absolute Gasteiger partial charge is 0.543 e. The van der Waals surface area contributed by atoms with Gasteiger partial charge in [-0.3, -0.25) is 14.5 Å². The molecule has 1 aromatic heterocycles. The van der Waals surface area contributed by atoms with E-state index in [2.05, 4.69) is 22.0 Å². The van der Waals surface area contributed by atoms with Crippen LogP contribution in [0.1, 0.15) is 22.4 Å². The SMILES string of the molecule is C=CC1=C(C(=O)[O-])N2C(=O)[C@@H](NC(=O)/C(=N\OC(c3ccccc3)(c3ccccc3)c3ccccc3)c3csc(N)n3)[C@@H]2SC1.[K+]. The second kappa shape index (κ2) is 14.5. The number of β-lactam (4-membered cyclic amide) rings is 1. The van der Waals surface area contributed by atoms with Crippen LogP contribution in [0.25, 0.3) is 0 Å². The molecule has 1 saturated heterocycles. The minimum atomic E-state index is -1.49. The van der Waals surface area contributed by atoms with E-state index in [1.54, 1.807) is 5.38 Å². The van der Waals surface area contributed by atoms with Gasteiger partial charge in [0.15, 0.2) is 10.8 Å². The van der Waals surface area contributed by atoms with Gasteiger partial charge in [0.05, 0.1) is 11.7 Å². The number of fused-ring (bicyclic) bond motifs is 1. The molecule has 10 nitrogen and oxygen atoms in total. The summed E-state index contributed by atoms with van der Waals surface area (Å²) in [6.45, 7) is 3.64. The Bertz CT molecular complexity index is 1740. The zero-order chi connectivity index (χ0) is 31.6. The van der Waals surface area contributed by atoms with E-state index in [0.717, 1.165) is 32.9 Å². The van der Waals surface area contributed by atoms with Gasteiger partial charge < -0.3 is 25.8 Å². The fraction of sp³-hybridized carbons (Fsp3) is 0.121. The summed E-state index contributed by atoms with van der Waals surface area (Å²) in [5.41, 5.74) is 7.00. The molecule has 2 aliphatic rings. The molecule has 13 heteroatoms. The number of nitrogens with zero attached hydrogens (tertiary/aromatic N) is 3. The maximum atomic E-state index is 13.9. The second-order valence-corrected chi connectivity index (χ2v) is 12.1. The minimum Gasteiger partial charge on any atom is -0.543 e. The maximum absolute atomic E-state index is 13.9. The van der Waals surface area contributed by atoms with Gasteiger partial charge in [0.2, 0.25) is 5.60 Å². The Kier molecular flexibility index (Phi) is 10.6. The number of oxime groups is 1. The molecule has 0 spiro atoms. The van der Waals surface area contributed by atoms with Crippen LogP contribution in [0.15, 0.2) is 125 Å². The number of amides is 2. The molecular weight excluding hydrogens is 650 g/mol. The molecule has 3 heterocycles. The van der Waals surface area contributed by atoms with Crippen LogP contribution in [0.3, 0.4) is 0 Å². The number of aromatic nitrogens is 1. The molecule has 2 amide bonds. The number of thioether (sulfide) groups is 1. The zero-order valence-corrected chi connectivity index (χ0v) is 29.4. The molecule has 2 aliphatic heterocycles. The number of rotatable bonds is 10. The number of carbonyl (C=O) groups excluding carboxylic acids is 3. The van der Waals surface area contributed by atoms with Crippen molar-refractivity contribution in [2.75, 3.05) is 11.5 Å². The molecule has 0 aliphatic carbocycles. The average molecular weight is 676 g/mol. The number of carboxylic acids is 1. The maximum Gasteiger partial charge on any atom is 1.00 e. The van der Waals surface area contributed by atoms with Crippen LogP contribution in [0.4, 0.5) is 5.13 Å². The summed E-state index contributed by atoms with van der Waals surface area (Å²) in [6.07, 6.45) is 1.39. The van der Waals surface area contributed by atoms with E-state index in [0.29, 0.717) is 5.57 Å². The van der Waals surface area contributed by atoms with Crippen molar-refractivity contribution in [3.8, 4) is 0 Å². The van der Waals surface area contributed by atoms with Crippen LogP contribution in [-0.2, 0) is 24.8 Å². The zero-order valence-electron chi connectivity index (χ0n) is 24.7. The predicted octanol–water partition coefficient (Wildman–Crippen LogP) is 0.0320. The molecular formula is C33H26KN5O5S2. The summed E-state index contributed by atoms with van der Waals surface area (Å²) in [7, 11) is 0. The van der Waals surface area contributed by atoms with E-state index >= 15 is 0 Å². The summed E-state index contributed by atoms with van der Waals surface area (Å²) in [5.74, 6) is -2.53. The monoisotopic (exact) mass is 675 g/mol. The van der Waals surface area contributed by atoms with Gasteiger partial charge in [0.25, 0.3) is 11.8 Å². The number of thiazole rings is 1. The first-order chi connectivity index (χ1) is 21.8. The normalized spacial score (nSPS) is 17.7. The number of carboxylic acid groups (broad SMARTS) is 1. The largest absolute Gasteiger partial charge is 1.00 e. The number of anilines is 1. The first-order valence-corrected chi connectivity index (χ1v) is 15.7. The van der Waals surface area contributed by atoms with Gasteiger partial charge in [0, 0.05) is 27.8 Å². The van der Waals surface area contributed by atoms with Crippen LogP contribution >= 0.6 is 23.1 Å². The molecule has 0 radical (unpaired) electrons. The van der Waals surface area contributed by atoms with E-state index in [1.807, 2.05) is 91.0 Å². The van der Waals surface area contributed by atoms with Crippen LogP contribution in [-0.4, -0.2) is 50.5 Å². The molecule has 3 N–H and O–H groups in total. The van der Waals surface area contributed by atoms with Crippen LogP contribution in [0.5, 0.6) is 0 Å². The number of hydrogen-bond donors (Lipinski definition) is 2. The third-order valence-corrected chi connectivity index (χ3v) is 9.49. The molecule has 2 atom stereocenters. The van der Waals surface area contributed by atoms with Crippen molar-refractivity contribution in [2.24, 2.45) is 5.16 Å². The van der Waals surface area contributed by atoms with Crippen molar-refractivity contribution in [2.45, 2.75) is 17.0 Å². The first kappa shape index (κ1) is 33.8. The van der Waals surface area contributed by atoms with Crippen molar-refractivity contribution < 1.29 is 75.7 Å². The van der Waals surface area contributed by atoms with Gasteiger partial charge >= 0.3 is 51.4 Å². The van der Waals surface area contributed by atoms with Gasteiger partial charge in [0.1, 0.15) is 17.1 Å². The van der Waals surface area contributed by atoms with Gasteiger partial charge in [-0.25, -0.2) is 4.98 Å². The minimum absolute atomic E-state index is 0. The van der Waals surface area contributed by atoms with Gasteiger partial charge in [-0.15, -0.1) is 23.1 Å². The third-order valence-electron chi connectivity index (χ3n) is 7.52. The van der Waals surface area contributed by atoms with Crippen molar-refractivity contribution >= 4 is 51.7 Å². The van der Waals surface area contributed by atoms with E-state index < -0.39 is 34.8 Å². The van der Waals surface area contributed by atoms with E-state index in [9.17, 15) is 19.5 Å². The molecule has 3 aromatic carbocycles. The Morgan fingerprint density at radius 1 is 1.02 bits per heavy atom. The molecule has 0 saturated carbocycles. The summed E-state index contributed by atoms with van der Waals surface area (Å²) >= 11 is 2.43. The van der Waals surface area contributed by atoms with Gasteiger partial charge in [-0.05, 0) is 5.57 Å². The van der Waals surface area contributed by atoms with E-state index in [1.165, 1.54) is 17.8 Å². The first-order valence-electron chi connectivity index (χ1n) is 13.8. The van der Waals surface area contributed by atoms with Crippen LogP contribution in [0.2, 0.25) is 0 Å². The molecule has 0 bridgehead atoms. The summed E-state index contributed by atoms with van der Waals surface area (Å²) in [6, 6.07) is 27.5. The van der Waals surface area contributed by atoms with Gasteiger partial charge in [-0.2, -0.15) is 0 Å². The average Bonchev–Trinajstić information content (AvgIpc) is 3.51. The van der Waals surface area contributed by atoms with Crippen molar-refractivity contribution in [3.05, 3.63) is 143 Å². The number of nitrogens with two attached hydrogens (primary N) is 1. The number of benzene rings is 3. The van der Waals surface area contributed by atoms with E-state index in [4.69, 9.17) is 10.6 Å². The molecule has 1 fully saturated rings. The molecule has 226 valence electrons. The molecule has 6 rings (SSSR count). The van der Waals surface area contributed by atoms with Crippen molar-refractivity contribution in [1.29, 1.82) is 0 Å².